The molecule has 2 unspecified atom stereocenters. The van der Waals surface area contributed by atoms with E-state index in [-0.39, 0.29) is 17.9 Å². The van der Waals surface area contributed by atoms with E-state index in [2.05, 4.69) is 40.3 Å². The van der Waals surface area contributed by atoms with E-state index in [1.807, 2.05) is 12.1 Å². The van der Waals surface area contributed by atoms with E-state index in [1.165, 1.54) is 18.4 Å². The van der Waals surface area contributed by atoms with Gasteiger partial charge in [-0.25, -0.2) is 0 Å². The lowest BCUT2D eigenvalue weighted by Crippen LogP contribution is -2.38. The van der Waals surface area contributed by atoms with Crippen LogP contribution in [0.4, 0.5) is 0 Å². The SMILES string of the molecule is CC(CC(=O)NCC(N)C1CC1)c1ccc(Br)cc1. The van der Waals surface area contributed by atoms with E-state index in [1.54, 1.807) is 0 Å². The Hall–Kier alpha value is -0.870. The minimum absolute atomic E-state index is 0.0894. The maximum Gasteiger partial charge on any atom is 0.220 e. The van der Waals surface area contributed by atoms with Gasteiger partial charge in [-0.3, -0.25) is 4.79 Å². The Morgan fingerprint density at radius 2 is 2.05 bits per heavy atom. The van der Waals surface area contributed by atoms with Crippen molar-refractivity contribution in [3.05, 3.63) is 34.3 Å². The van der Waals surface area contributed by atoms with E-state index < -0.39 is 0 Å². The van der Waals surface area contributed by atoms with Gasteiger partial charge in [0.25, 0.3) is 0 Å². The number of rotatable bonds is 6. The van der Waals surface area contributed by atoms with Gasteiger partial charge >= 0.3 is 0 Å². The number of hydrogen-bond donors (Lipinski definition) is 2. The molecule has 0 heterocycles. The molecule has 3 N–H and O–H groups in total. The van der Waals surface area contributed by atoms with Crippen LogP contribution < -0.4 is 11.1 Å². The third-order valence-electron chi connectivity index (χ3n) is 3.69. The van der Waals surface area contributed by atoms with Gasteiger partial charge in [-0.2, -0.15) is 0 Å². The summed E-state index contributed by atoms with van der Waals surface area (Å²) in [6.07, 6.45) is 2.94. The maximum absolute atomic E-state index is 11.9. The molecule has 0 bridgehead atoms. The standard InChI is InChI=1S/C15H21BrN2O/c1-10(11-4-6-13(16)7-5-11)8-15(19)18-9-14(17)12-2-3-12/h4-7,10,12,14H,2-3,8-9,17H2,1H3,(H,18,19). The molecule has 1 amide bonds. The zero-order chi connectivity index (χ0) is 13.8. The second-order valence-corrected chi connectivity index (χ2v) is 6.38. The molecule has 3 nitrogen and oxygen atoms in total. The topological polar surface area (TPSA) is 55.1 Å². The second-order valence-electron chi connectivity index (χ2n) is 5.46. The maximum atomic E-state index is 11.9. The molecule has 1 aromatic rings. The van der Waals surface area contributed by atoms with Gasteiger partial charge in [0, 0.05) is 23.5 Å². The van der Waals surface area contributed by atoms with Crippen molar-refractivity contribution in [2.45, 2.75) is 38.1 Å². The van der Waals surface area contributed by atoms with Crippen molar-refractivity contribution in [1.82, 2.24) is 5.32 Å². The number of nitrogens with two attached hydrogens (primary N) is 1. The van der Waals surface area contributed by atoms with E-state index >= 15 is 0 Å². The van der Waals surface area contributed by atoms with Crippen LogP contribution >= 0.6 is 15.9 Å². The summed E-state index contributed by atoms with van der Waals surface area (Å²) in [5.74, 6) is 0.945. The first-order valence-corrected chi connectivity index (χ1v) is 7.63. The predicted octanol–water partition coefficient (Wildman–Crippen LogP) is 2.80. The third-order valence-corrected chi connectivity index (χ3v) is 4.22. The lowest BCUT2D eigenvalue weighted by Gasteiger charge is -2.14. The summed E-state index contributed by atoms with van der Waals surface area (Å²) < 4.78 is 1.06. The summed E-state index contributed by atoms with van der Waals surface area (Å²) in [5, 5.41) is 2.94. The van der Waals surface area contributed by atoms with Crippen LogP contribution in [0.15, 0.2) is 28.7 Å². The van der Waals surface area contributed by atoms with E-state index in [4.69, 9.17) is 5.73 Å². The molecule has 0 aliphatic heterocycles. The van der Waals surface area contributed by atoms with Crippen molar-refractivity contribution in [2.24, 2.45) is 11.7 Å². The fraction of sp³-hybridized carbons (Fsp3) is 0.533. The van der Waals surface area contributed by atoms with Gasteiger partial charge in [-0.1, -0.05) is 35.0 Å². The molecule has 0 saturated heterocycles. The fourth-order valence-corrected chi connectivity index (χ4v) is 2.45. The summed E-state index contributed by atoms with van der Waals surface area (Å²) in [6, 6.07) is 8.25. The van der Waals surface area contributed by atoms with Crippen LogP contribution in [-0.2, 0) is 4.79 Å². The molecular formula is C15H21BrN2O. The van der Waals surface area contributed by atoms with Crippen molar-refractivity contribution < 1.29 is 4.79 Å². The summed E-state index contributed by atoms with van der Waals surface area (Å²) in [5.41, 5.74) is 7.15. The number of nitrogens with one attached hydrogen (secondary N) is 1. The van der Waals surface area contributed by atoms with Crippen LogP contribution in [0.5, 0.6) is 0 Å². The molecule has 1 aromatic carbocycles. The molecule has 104 valence electrons. The Bertz CT molecular complexity index is 428. The molecule has 0 spiro atoms. The van der Waals surface area contributed by atoms with Crippen LogP contribution in [0.25, 0.3) is 0 Å². The van der Waals surface area contributed by atoms with Crippen molar-refractivity contribution >= 4 is 21.8 Å². The van der Waals surface area contributed by atoms with E-state index in [0.29, 0.717) is 18.9 Å². The van der Waals surface area contributed by atoms with Crippen LogP contribution in [0, 0.1) is 5.92 Å². The summed E-state index contributed by atoms with van der Waals surface area (Å²) in [6.45, 7) is 2.68. The largest absolute Gasteiger partial charge is 0.355 e. The van der Waals surface area contributed by atoms with Gasteiger partial charge in [0.05, 0.1) is 0 Å². The highest BCUT2D eigenvalue weighted by atomic mass is 79.9. The molecule has 0 aromatic heterocycles. The molecule has 1 aliphatic carbocycles. The van der Waals surface area contributed by atoms with Crippen LogP contribution in [0.3, 0.4) is 0 Å². The minimum Gasteiger partial charge on any atom is -0.355 e. The summed E-state index contributed by atoms with van der Waals surface area (Å²) in [7, 11) is 0. The molecule has 1 aliphatic rings. The molecule has 2 atom stereocenters. The fourth-order valence-electron chi connectivity index (χ4n) is 2.18. The van der Waals surface area contributed by atoms with Gasteiger partial charge in [-0.05, 0) is 42.4 Å². The molecule has 0 radical (unpaired) electrons. The van der Waals surface area contributed by atoms with Crippen LogP contribution in [0.1, 0.15) is 37.7 Å². The van der Waals surface area contributed by atoms with E-state index in [0.717, 1.165) is 4.47 Å². The van der Waals surface area contributed by atoms with Crippen molar-refractivity contribution in [3.8, 4) is 0 Å². The second kappa shape index (κ2) is 6.53. The van der Waals surface area contributed by atoms with E-state index in [9.17, 15) is 4.79 Å². The Kier molecular flexibility index (Phi) is 4.99. The number of halogens is 1. The Labute approximate surface area is 123 Å². The number of amides is 1. The van der Waals surface area contributed by atoms with Crippen LogP contribution in [-0.4, -0.2) is 18.5 Å². The normalized spacial score (nSPS) is 17.8. The minimum atomic E-state index is 0.0894. The number of carbonyl (C=O) groups excluding carboxylic acids is 1. The lowest BCUT2D eigenvalue weighted by molar-refractivity contribution is -0.121. The van der Waals surface area contributed by atoms with Gasteiger partial charge in [-0.15, -0.1) is 0 Å². The quantitative estimate of drug-likeness (QED) is 0.845. The van der Waals surface area contributed by atoms with Gasteiger partial charge in [0.2, 0.25) is 5.91 Å². The number of carbonyl (C=O) groups is 1. The van der Waals surface area contributed by atoms with Gasteiger partial charge < -0.3 is 11.1 Å². The Morgan fingerprint density at radius 3 is 2.63 bits per heavy atom. The molecule has 1 fully saturated rings. The van der Waals surface area contributed by atoms with Crippen molar-refractivity contribution in [2.75, 3.05) is 6.54 Å². The predicted molar refractivity (Wildman–Crippen MR) is 80.9 cm³/mol. The zero-order valence-corrected chi connectivity index (χ0v) is 12.8. The molecule has 4 heteroatoms. The first-order chi connectivity index (χ1) is 9.06. The highest BCUT2D eigenvalue weighted by molar-refractivity contribution is 9.10. The lowest BCUT2D eigenvalue weighted by atomic mass is 9.97. The Morgan fingerprint density at radius 1 is 1.42 bits per heavy atom. The zero-order valence-electron chi connectivity index (χ0n) is 11.2. The van der Waals surface area contributed by atoms with Crippen molar-refractivity contribution in [3.63, 3.8) is 0 Å². The molecular weight excluding hydrogens is 304 g/mol. The summed E-state index contributed by atoms with van der Waals surface area (Å²) >= 11 is 3.41. The molecule has 2 rings (SSSR count). The molecule has 1 saturated carbocycles. The number of benzene rings is 1. The van der Waals surface area contributed by atoms with Crippen molar-refractivity contribution in [1.29, 1.82) is 0 Å². The first-order valence-electron chi connectivity index (χ1n) is 6.84. The highest BCUT2D eigenvalue weighted by Crippen LogP contribution is 2.31. The average molecular weight is 325 g/mol. The molecule has 19 heavy (non-hydrogen) atoms. The Balaban J connectivity index is 1.76. The first kappa shape index (κ1) is 14.5. The average Bonchev–Trinajstić information content (AvgIpc) is 3.21. The smallest absolute Gasteiger partial charge is 0.220 e. The monoisotopic (exact) mass is 324 g/mol. The number of hydrogen-bond acceptors (Lipinski definition) is 2. The third kappa shape index (κ3) is 4.62. The van der Waals surface area contributed by atoms with Gasteiger partial charge in [0.15, 0.2) is 0 Å². The summed E-state index contributed by atoms with van der Waals surface area (Å²) in [4.78, 5) is 11.9. The van der Waals surface area contributed by atoms with Gasteiger partial charge in [0.1, 0.15) is 0 Å². The van der Waals surface area contributed by atoms with Crippen LogP contribution in [0.2, 0.25) is 0 Å². The highest BCUT2D eigenvalue weighted by Gasteiger charge is 2.28.